The van der Waals surface area contributed by atoms with E-state index in [1.165, 1.54) is 37.7 Å². The first-order valence-electron chi connectivity index (χ1n) is 6.98. The number of aryl methyl sites for hydroxylation is 1. The highest BCUT2D eigenvalue weighted by atomic mass is 16.2. The number of likely N-dealkylation sites (N-methyl/N-ethyl adjacent to an activating group) is 1. The predicted octanol–water partition coefficient (Wildman–Crippen LogP) is 3.33. The summed E-state index contributed by atoms with van der Waals surface area (Å²) in [5.41, 5.74) is 2.37. The molecule has 0 atom stereocenters. The molecule has 0 aromatic heterocycles. The third-order valence-corrected chi connectivity index (χ3v) is 4.12. The van der Waals surface area contributed by atoms with Crippen molar-refractivity contribution in [3.63, 3.8) is 0 Å². The van der Waals surface area contributed by atoms with Crippen molar-refractivity contribution in [1.29, 1.82) is 0 Å². The van der Waals surface area contributed by atoms with Gasteiger partial charge in [-0.05, 0) is 30.9 Å². The van der Waals surface area contributed by atoms with Crippen LogP contribution in [0.2, 0.25) is 0 Å². The molecule has 2 heteroatoms. The van der Waals surface area contributed by atoms with E-state index >= 15 is 0 Å². The molecule has 1 fully saturated rings. The Labute approximate surface area is 110 Å². The number of hydrogen-bond acceptors (Lipinski definition) is 1. The minimum Gasteiger partial charge on any atom is -0.342 e. The minimum absolute atomic E-state index is 0.260. The van der Waals surface area contributed by atoms with Gasteiger partial charge in [-0.25, -0.2) is 0 Å². The van der Waals surface area contributed by atoms with Crippen LogP contribution in [-0.4, -0.2) is 23.9 Å². The summed E-state index contributed by atoms with van der Waals surface area (Å²) in [6, 6.07) is 8.63. The summed E-state index contributed by atoms with van der Waals surface area (Å²) in [7, 11) is 1.97. The number of carbonyl (C=O) groups excluding carboxylic acids is 1. The van der Waals surface area contributed by atoms with Crippen LogP contribution in [0.3, 0.4) is 0 Å². The zero-order valence-electron chi connectivity index (χ0n) is 11.5. The van der Waals surface area contributed by atoms with E-state index in [4.69, 9.17) is 0 Å². The zero-order valence-corrected chi connectivity index (χ0v) is 11.5. The smallest absolute Gasteiger partial charge is 0.226 e. The molecule has 18 heavy (non-hydrogen) atoms. The van der Waals surface area contributed by atoms with Crippen LogP contribution >= 0.6 is 0 Å². The second kappa shape index (κ2) is 6.03. The fourth-order valence-electron chi connectivity index (χ4n) is 2.77. The molecule has 0 saturated heterocycles. The van der Waals surface area contributed by atoms with Gasteiger partial charge in [0, 0.05) is 13.1 Å². The summed E-state index contributed by atoms with van der Waals surface area (Å²) in [5, 5.41) is 0. The summed E-state index contributed by atoms with van der Waals surface area (Å²) in [6.45, 7) is 2.07. The molecule has 0 radical (unpaired) electrons. The van der Waals surface area contributed by atoms with Crippen LogP contribution in [0.4, 0.5) is 0 Å². The summed E-state index contributed by atoms with van der Waals surface area (Å²) in [4.78, 5) is 14.3. The highest BCUT2D eigenvalue weighted by Gasteiger charge is 2.22. The molecule has 1 aromatic rings. The fourth-order valence-corrected chi connectivity index (χ4v) is 2.77. The Morgan fingerprint density at radius 2 is 1.89 bits per heavy atom. The van der Waals surface area contributed by atoms with Gasteiger partial charge in [-0.15, -0.1) is 0 Å². The van der Waals surface area contributed by atoms with Gasteiger partial charge in [-0.1, -0.05) is 43.5 Å². The minimum atomic E-state index is 0.260. The SMILES string of the molecule is Cc1ccccc1CC(=O)N(C)C1CCCCC1. The third-order valence-electron chi connectivity index (χ3n) is 4.12. The van der Waals surface area contributed by atoms with E-state index in [9.17, 15) is 4.79 Å². The van der Waals surface area contributed by atoms with Crippen LogP contribution in [0.5, 0.6) is 0 Å². The van der Waals surface area contributed by atoms with E-state index in [1.807, 2.05) is 24.1 Å². The Kier molecular flexibility index (Phi) is 4.40. The summed E-state index contributed by atoms with van der Waals surface area (Å²) >= 11 is 0. The molecule has 0 heterocycles. The van der Waals surface area contributed by atoms with Gasteiger partial charge in [0.05, 0.1) is 6.42 Å². The molecule has 0 aliphatic heterocycles. The highest BCUT2D eigenvalue weighted by molar-refractivity contribution is 5.79. The maximum Gasteiger partial charge on any atom is 0.226 e. The molecule has 0 bridgehead atoms. The Morgan fingerprint density at radius 3 is 2.56 bits per heavy atom. The average molecular weight is 245 g/mol. The van der Waals surface area contributed by atoms with Crippen molar-refractivity contribution in [3.05, 3.63) is 35.4 Å². The van der Waals surface area contributed by atoms with Gasteiger partial charge in [0.2, 0.25) is 5.91 Å². The van der Waals surface area contributed by atoms with Gasteiger partial charge in [0.15, 0.2) is 0 Å². The van der Waals surface area contributed by atoms with Crippen molar-refractivity contribution >= 4 is 5.91 Å². The van der Waals surface area contributed by atoms with E-state index in [0.29, 0.717) is 12.5 Å². The molecule has 98 valence electrons. The molecule has 1 aliphatic rings. The van der Waals surface area contributed by atoms with Crippen molar-refractivity contribution in [1.82, 2.24) is 4.90 Å². The number of amides is 1. The number of nitrogens with zero attached hydrogens (tertiary/aromatic N) is 1. The number of benzene rings is 1. The van der Waals surface area contributed by atoms with E-state index < -0.39 is 0 Å². The van der Waals surface area contributed by atoms with Crippen LogP contribution in [0.15, 0.2) is 24.3 Å². The molecule has 0 unspecified atom stereocenters. The van der Waals surface area contributed by atoms with Crippen LogP contribution in [-0.2, 0) is 11.2 Å². The quantitative estimate of drug-likeness (QED) is 0.800. The maximum absolute atomic E-state index is 12.3. The highest BCUT2D eigenvalue weighted by Crippen LogP contribution is 2.22. The van der Waals surface area contributed by atoms with Gasteiger partial charge in [0.1, 0.15) is 0 Å². The van der Waals surface area contributed by atoms with Gasteiger partial charge in [-0.3, -0.25) is 4.79 Å². The Morgan fingerprint density at radius 1 is 1.22 bits per heavy atom. The molecular formula is C16H23NO. The zero-order chi connectivity index (χ0) is 13.0. The topological polar surface area (TPSA) is 20.3 Å². The standard InChI is InChI=1S/C16H23NO/c1-13-8-6-7-9-14(13)12-16(18)17(2)15-10-4-3-5-11-15/h6-9,15H,3-5,10-12H2,1-2H3. The maximum atomic E-state index is 12.3. The molecule has 1 saturated carbocycles. The molecule has 1 amide bonds. The van der Waals surface area contributed by atoms with E-state index in [0.717, 1.165) is 5.56 Å². The summed E-state index contributed by atoms with van der Waals surface area (Å²) in [6.07, 6.45) is 6.77. The van der Waals surface area contributed by atoms with Crippen LogP contribution in [0.1, 0.15) is 43.2 Å². The van der Waals surface area contributed by atoms with Crippen molar-refractivity contribution in [2.24, 2.45) is 0 Å². The summed E-state index contributed by atoms with van der Waals surface area (Å²) in [5.74, 6) is 0.260. The number of carbonyl (C=O) groups is 1. The lowest BCUT2D eigenvalue weighted by atomic mass is 9.94. The lowest BCUT2D eigenvalue weighted by Gasteiger charge is -2.31. The number of hydrogen-bond donors (Lipinski definition) is 0. The average Bonchev–Trinajstić information content (AvgIpc) is 2.41. The molecule has 2 nitrogen and oxygen atoms in total. The molecule has 0 N–H and O–H groups in total. The Balaban J connectivity index is 1.97. The molecule has 1 aliphatic carbocycles. The van der Waals surface area contributed by atoms with Gasteiger partial charge in [0.25, 0.3) is 0 Å². The van der Waals surface area contributed by atoms with E-state index in [1.54, 1.807) is 0 Å². The molecule has 0 spiro atoms. The van der Waals surface area contributed by atoms with Crippen molar-refractivity contribution in [3.8, 4) is 0 Å². The lowest BCUT2D eigenvalue weighted by Crippen LogP contribution is -2.39. The molecule has 2 rings (SSSR count). The fraction of sp³-hybridized carbons (Fsp3) is 0.562. The van der Waals surface area contributed by atoms with E-state index in [2.05, 4.69) is 19.1 Å². The molecular weight excluding hydrogens is 222 g/mol. The number of rotatable bonds is 3. The van der Waals surface area contributed by atoms with E-state index in [-0.39, 0.29) is 5.91 Å². The Hall–Kier alpha value is -1.31. The monoisotopic (exact) mass is 245 g/mol. The van der Waals surface area contributed by atoms with Crippen molar-refractivity contribution in [2.45, 2.75) is 51.5 Å². The predicted molar refractivity (Wildman–Crippen MR) is 74.5 cm³/mol. The van der Waals surface area contributed by atoms with Gasteiger partial charge >= 0.3 is 0 Å². The second-order valence-corrected chi connectivity index (χ2v) is 5.40. The van der Waals surface area contributed by atoms with Gasteiger partial charge in [-0.2, -0.15) is 0 Å². The first kappa shape index (κ1) is 13.1. The molecule has 1 aromatic carbocycles. The third kappa shape index (κ3) is 3.12. The Bertz CT molecular complexity index is 407. The first-order chi connectivity index (χ1) is 8.68. The van der Waals surface area contributed by atoms with Crippen LogP contribution < -0.4 is 0 Å². The summed E-state index contributed by atoms with van der Waals surface area (Å²) < 4.78 is 0. The second-order valence-electron chi connectivity index (χ2n) is 5.40. The van der Waals surface area contributed by atoms with Crippen molar-refractivity contribution in [2.75, 3.05) is 7.05 Å². The van der Waals surface area contributed by atoms with Crippen LogP contribution in [0.25, 0.3) is 0 Å². The first-order valence-corrected chi connectivity index (χ1v) is 6.98. The normalized spacial score (nSPS) is 16.6. The van der Waals surface area contributed by atoms with Crippen molar-refractivity contribution < 1.29 is 4.79 Å². The largest absolute Gasteiger partial charge is 0.342 e. The van der Waals surface area contributed by atoms with Gasteiger partial charge < -0.3 is 4.90 Å². The van der Waals surface area contributed by atoms with Crippen LogP contribution in [0, 0.1) is 6.92 Å². The lowest BCUT2D eigenvalue weighted by molar-refractivity contribution is -0.131.